The lowest BCUT2D eigenvalue weighted by atomic mass is 10.1. The van der Waals surface area contributed by atoms with Crippen molar-refractivity contribution in [3.63, 3.8) is 0 Å². The molecule has 0 saturated heterocycles. The number of hydrogen-bond donors (Lipinski definition) is 3. The summed E-state index contributed by atoms with van der Waals surface area (Å²) in [5, 5.41) is 2.52. The molecule has 24 heavy (non-hydrogen) atoms. The highest BCUT2D eigenvalue weighted by Gasteiger charge is 2.30. The van der Waals surface area contributed by atoms with Crippen molar-refractivity contribution in [3.8, 4) is 0 Å². The van der Waals surface area contributed by atoms with Crippen LogP contribution in [0.5, 0.6) is 0 Å². The first-order chi connectivity index (χ1) is 11.2. The topological polar surface area (TPSA) is 81.1 Å². The molecule has 2 aromatic rings. The maximum absolute atomic E-state index is 12.6. The highest BCUT2D eigenvalue weighted by atomic mass is 19.4. The van der Waals surface area contributed by atoms with Gasteiger partial charge in [-0.2, -0.15) is 13.2 Å². The van der Waals surface area contributed by atoms with E-state index in [1.54, 1.807) is 18.2 Å². The third-order valence-corrected chi connectivity index (χ3v) is 2.99. The van der Waals surface area contributed by atoms with Crippen LogP contribution < -0.4 is 16.8 Å². The predicted octanol–water partition coefficient (Wildman–Crippen LogP) is 3.94. The normalized spacial score (nSPS) is 10.3. The zero-order valence-corrected chi connectivity index (χ0v) is 13.0. The molecule has 0 radical (unpaired) electrons. The van der Waals surface area contributed by atoms with Crippen LogP contribution in [0.3, 0.4) is 0 Å². The van der Waals surface area contributed by atoms with Crippen LogP contribution in [0.1, 0.15) is 21.5 Å². The smallest absolute Gasteiger partial charge is 0.405 e. The Morgan fingerprint density at radius 1 is 1.21 bits per heavy atom. The minimum absolute atomic E-state index is 0.0658. The molecule has 1 amide bonds. The van der Waals surface area contributed by atoms with Gasteiger partial charge in [0.05, 0.1) is 5.56 Å². The molecule has 0 aliphatic rings. The number of halogens is 3. The van der Waals surface area contributed by atoms with Crippen molar-refractivity contribution < 1.29 is 18.0 Å². The summed E-state index contributed by atoms with van der Waals surface area (Å²) in [5.74, 6) is -0.621. The molecule has 0 bridgehead atoms. The average molecular weight is 337 g/mol. The van der Waals surface area contributed by atoms with Gasteiger partial charge in [0, 0.05) is 16.9 Å². The predicted molar refractivity (Wildman–Crippen MR) is 89.4 cm³/mol. The summed E-state index contributed by atoms with van der Waals surface area (Å²) < 4.78 is 37.8. The second-order valence-corrected chi connectivity index (χ2v) is 4.84. The van der Waals surface area contributed by atoms with Gasteiger partial charge in [-0.3, -0.25) is 4.79 Å². The van der Waals surface area contributed by atoms with E-state index < -0.39 is 17.6 Å². The number of anilines is 2. The van der Waals surface area contributed by atoms with E-state index in [1.807, 2.05) is 6.92 Å². The van der Waals surface area contributed by atoms with Gasteiger partial charge >= 0.3 is 6.18 Å². The van der Waals surface area contributed by atoms with Gasteiger partial charge in [0.25, 0.3) is 5.91 Å². The quantitative estimate of drug-likeness (QED) is 0.726. The standard InChI is InChI=1S/C15H13F3N2O.C2H5N/c1-9-5-6-12(8-13(9)19)20-14(21)10-3-2-4-11(7-10)15(16,17)18;1-2-3/h2-8H,19H2,1H3,(H,20,21);2H,1,3H2. The first-order valence-corrected chi connectivity index (χ1v) is 6.86. The summed E-state index contributed by atoms with van der Waals surface area (Å²) in [5.41, 5.74) is 11.2. The minimum Gasteiger partial charge on any atom is -0.405 e. The van der Waals surface area contributed by atoms with Gasteiger partial charge in [-0.25, -0.2) is 0 Å². The molecule has 0 spiro atoms. The molecular weight excluding hydrogens is 319 g/mol. The lowest BCUT2D eigenvalue weighted by Gasteiger charge is -2.10. The van der Waals surface area contributed by atoms with E-state index >= 15 is 0 Å². The lowest BCUT2D eigenvalue weighted by Crippen LogP contribution is -2.14. The molecule has 5 N–H and O–H groups in total. The van der Waals surface area contributed by atoms with E-state index in [-0.39, 0.29) is 5.56 Å². The molecule has 0 aliphatic carbocycles. The van der Waals surface area contributed by atoms with Gasteiger partial charge < -0.3 is 16.8 Å². The Balaban J connectivity index is 0.000000891. The molecule has 0 heterocycles. The number of nitrogens with one attached hydrogen (secondary N) is 1. The Labute approximate surface area is 138 Å². The third kappa shape index (κ3) is 5.35. The molecule has 0 atom stereocenters. The summed E-state index contributed by atoms with van der Waals surface area (Å²) >= 11 is 0. The van der Waals surface area contributed by atoms with Crippen molar-refractivity contribution in [2.45, 2.75) is 13.1 Å². The fraction of sp³-hybridized carbons (Fsp3) is 0.118. The number of alkyl halides is 3. The summed E-state index contributed by atoms with van der Waals surface area (Å²) in [6, 6.07) is 9.16. The number of nitrogen functional groups attached to an aromatic ring is 1. The SMILES string of the molecule is C=CN.Cc1ccc(NC(=O)c2cccc(C(F)(F)F)c2)cc1N. The summed E-state index contributed by atoms with van der Waals surface area (Å²) in [4.78, 5) is 12.0. The molecule has 0 aromatic heterocycles. The molecule has 0 saturated carbocycles. The Kier molecular flexibility index (Phi) is 6.40. The largest absolute Gasteiger partial charge is 0.416 e. The highest BCUT2D eigenvalue weighted by Crippen LogP contribution is 2.29. The van der Waals surface area contributed by atoms with Crippen molar-refractivity contribution in [1.82, 2.24) is 0 Å². The molecule has 2 rings (SSSR count). The Hall–Kier alpha value is -2.96. The van der Waals surface area contributed by atoms with Gasteiger partial charge in [0.2, 0.25) is 0 Å². The number of carbonyl (C=O) groups excluding carboxylic acids is 1. The van der Waals surface area contributed by atoms with Crippen molar-refractivity contribution in [3.05, 3.63) is 71.9 Å². The third-order valence-electron chi connectivity index (χ3n) is 2.99. The van der Waals surface area contributed by atoms with Crippen molar-refractivity contribution >= 4 is 17.3 Å². The van der Waals surface area contributed by atoms with Crippen LogP contribution in [0.15, 0.2) is 55.2 Å². The number of aryl methyl sites for hydroxylation is 1. The van der Waals surface area contributed by atoms with Gasteiger partial charge in [0.1, 0.15) is 0 Å². The number of hydrogen-bond acceptors (Lipinski definition) is 3. The van der Waals surface area contributed by atoms with Gasteiger partial charge in [-0.15, -0.1) is 0 Å². The van der Waals surface area contributed by atoms with E-state index in [1.165, 1.54) is 18.3 Å². The molecule has 2 aromatic carbocycles. The fourth-order valence-corrected chi connectivity index (χ4v) is 1.76. The van der Waals surface area contributed by atoms with Crippen LogP contribution >= 0.6 is 0 Å². The number of nitrogens with two attached hydrogens (primary N) is 2. The Bertz CT molecular complexity index is 727. The van der Waals surface area contributed by atoms with Crippen molar-refractivity contribution in [2.24, 2.45) is 5.73 Å². The molecule has 0 unspecified atom stereocenters. The Morgan fingerprint density at radius 3 is 2.38 bits per heavy atom. The second kappa shape index (κ2) is 8.05. The summed E-state index contributed by atoms with van der Waals surface area (Å²) in [6.45, 7) is 4.95. The maximum atomic E-state index is 12.6. The van der Waals surface area contributed by atoms with Crippen LogP contribution in [-0.2, 0) is 6.18 Å². The fourth-order valence-electron chi connectivity index (χ4n) is 1.76. The monoisotopic (exact) mass is 337 g/mol. The molecule has 7 heteroatoms. The van der Waals surface area contributed by atoms with E-state index in [2.05, 4.69) is 17.6 Å². The second-order valence-electron chi connectivity index (χ2n) is 4.84. The van der Waals surface area contributed by atoms with Crippen LogP contribution in [-0.4, -0.2) is 5.91 Å². The van der Waals surface area contributed by atoms with E-state index in [4.69, 9.17) is 5.73 Å². The van der Waals surface area contributed by atoms with Crippen LogP contribution in [0.4, 0.5) is 24.5 Å². The molecule has 0 fully saturated rings. The number of amides is 1. The number of carbonyl (C=O) groups is 1. The highest BCUT2D eigenvalue weighted by molar-refractivity contribution is 6.04. The first kappa shape index (κ1) is 19.1. The average Bonchev–Trinajstić information content (AvgIpc) is 2.51. The summed E-state index contributed by atoms with van der Waals surface area (Å²) in [6.07, 6.45) is -3.23. The number of benzene rings is 2. The zero-order chi connectivity index (χ0) is 18.3. The lowest BCUT2D eigenvalue weighted by molar-refractivity contribution is -0.137. The zero-order valence-electron chi connectivity index (χ0n) is 13.0. The molecule has 4 nitrogen and oxygen atoms in total. The number of rotatable bonds is 2. The van der Waals surface area contributed by atoms with Crippen LogP contribution in [0.2, 0.25) is 0 Å². The van der Waals surface area contributed by atoms with E-state index in [0.717, 1.165) is 17.7 Å². The van der Waals surface area contributed by atoms with E-state index in [9.17, 15) is 18.0 Å². The Morgan fingerprint density at radius 2 is 1.83 bits per heavy atom. The first-order valence-electron chi connectivity index (χ1n) is 6.86. The van der Waals surface area contributed by atoms with Crippen molar-refractivity contribution in [1.29, 1.82) is 0 Å². The van der Waals surface area contributed by atoms with Crippen LogP contribution in [0, 0.1) is 6.92 Å². The van der Waals surface area contributed by atoms with Gasteiger partial charge in [0.15, 0.2) is 0 Å². The van der Waals surface area contributed by atoms with Gasteiger partial charge in [-0.1, -0.05) is 18.7 Å². The summed E-state index contributed by atoms with van der Waals surface area (Å²) in [7, 11) is 0. The minimum atomic E-state index is -4.48. The molecule has 128 valence electrons. The van der Waals surface area contributed by atoms with Crippen molar-refractivity contribution in [2.75, 3.05) is 11.1 Å². The molecular formula is C17H18F3N3O. The van der Waals surface area contributed by atoms with E-state index in [0.29, 0.717) is 11.4 Å². The molecule has 0 aliphatic heterocycles. The van der Waals surface area contributed by atoms with Crippen LogP contribution in [0.25, 0.3) is 0 Å². The maximum Gasteiger partial charge on any atom is 0.416 e. The van der Waals surface area contributed by atoms with Gasteiger partial charge in [-0.05, 0) is 49.0 Å².